The second-order valence-electron chi connectivity index (χ2n) is 4.94. The number of methoxy groups -OCH3 is 1. The number of guanidine groups is 1. The monoisotopic (exact) mass is 343 g/mol. The van der Waals surface area contributed by atoms with E-state index in [1.54, 1.807) is 12.0 Å². The summed E-state index contributed by atoms with van der Waals surface area (Å²) in [6.45, 7) is 1.05. The fourth-order valence-corrected chi connectivity index (χ4v) is 2.04. The average molecular weight is 343 g/mol. The molecular formula is C13H21N5O6. The number of ether oxygens (including phenoxy) is 4. The van der Waals surface area contributed by atoms with Gasteiger partial charge in [0.05, 0.1) is 26.2 Å². The molecule has 2 rings (SSSR count). The fourth-order valence-electron chi connectivity index (χ4n) is 2.04. The van der Waals surface area contributed by atoms with Crippen LogP contribution in [-0.2, 0) is 28.5 Å². The molecule has 134 valence electrons. The molecule has 2 heterocycles. The van der Waals surface area contributed by atoms with Crippen molar-refractivity contribution in [1.29, 1.82) is 0 Å². The number of esters is 1. The van der Waals surface area contributed by atoms with E-state index in [1.165, 1.54) is 6.34 Å². The lowest BCUT2D eigenvalue weighted by Crippen LogP contribution is -2.54. The molecule has 0 aromatic rings. The molecule has 0 radical (unpaired) electrons. The lowest BCUT2D eigenvalue weighted by molar-refractivity contribution is -0.151. The Morgan fingerprint density at radius 1 is 1.33 bits per heavy atom. The summed E-state index contributed by atoms with van der Waals surface area (Å²) in [6.07, 6.45) is 0.989. The van der Waals surface area contributed by atoms with Crippen LogP contribution in [0.4, 0.5) is 0 Å². The Morgan fingerprint density at radius 3 is 2.92 bits per heavy atom. The number of carbonyl (C=O) groups is 2. The summed E-state index contributed by atoms with van der Waals surface area (Å²) in [5, 5.41) is 2.42. The van der Waals surface area contributed by atoms with Crippen LogP contribution in [0, 0.1) is 0 Å². The van der Waals surface area contributed by atoms with Crippen molar-refractivity contribution in [2.24, 2.45) is 15.7 Å². The molecule has 2 unspecified atom stereocenters. The highest BCUT2D eigenvalue weighted by Crippen LogP contribution is 2.17. The second-order valence-corrected chi connectivity index (χ2v) is 4.94. The maximum absolute atomic E-state index is 11.7. The first-order valence-corrected chi connectivity index (χ1v) is 7.35. The molecule has 0 aliphatic carbocycles. The van der Waals surface area contributed by atoms with E-state index in [-0.39, 0.29) is 38.4 Å². The van der Waals surface area contributed by atoms with Gasteiger partial charge >= 0.3 is 5.97 Å². The molecule has 0 aromatic heterocycles. The van der Waals surface area contributed by atoms with E-state index in [0.29, 0.717) is 13.2 Å². The number of carbonyl (C=O) groups excluding carboxylic acids is 2. The number of amides is 1. The molecule has 0 saturated heterocycles. The van der Waals surface area contributed by atoms with Gasteiger partial charge in [0.2, 0.25) is 0 Å². The summed E-state index contributed by atoms with van der Waals surface area (Å²) in [5.74, 6) is -0.716. The zero-order valence-corrected chi connectivity index (χ0v) is 13.3. The van der Waals surface area contributed by atoms with Crippen molar-refractivity contribution >= 4 is 24.2 Å². The minimum atomic E-state index is -0.622. The zero-order valence-electron chi connectivity index (χ0n) is 13.3. The van der Waals surface area contributed by atoms with Gasteiger partial charge in [-0.1, -0.05) is 0 Å². The summed E-state index contributed by atoms with van der Waals surface area (Å²) in [5.41, 5.74) is 5.53. The zero-order chi connectivity index (χ0) is 17.4. The lowest BCUT2D eigenvalue weighted by atomic mass is 10.2. The van der Waals surface area contributed by atoms with Gasteiger partial charge in [-0.15, -0.1) is 0 Å². The molecular weight excluding hydrogens is 322 g/mol. The van der Waals surface area contributed by atoms with Gasteiger partial charge in [0.1, 0.15) is 19.9 Å². The molecule has 0 bridgehead atoms. The molecule has 11 nitrogen and oxygen atoms in total. The molecule has 0 spiro atoms. The number of nitrogens with zero attached hydrogens (tertiary/aromatic N) is 3. The van der Waals surface area contributed by atoms with Gasteiger partial charge in [-0.3, -0.25) is 15.1 Å². The molecule has 24 heavy (non-hydrogen) atoms. The Hall–Kier alpha value is -2.24. The van der Waals surface area contributed by atoms with Crippen LogP contribution in [0.15, 0.2) is 9.98 Å². The van der Waals surface area contributed by atoms with Crippen molar-refractivity contribution in [2.75, 3.05) is 46.9 Å². The van der Waals surface area contributed by atoms with Gasteiger partial charge in [-0.05, 0) is 0 Å². The molecule has 11 heteroatoms. The van der Waals surface area contributed by atoms with E-state index in [9.17, 15) is 9.59 Å². The minimum Gasteiger partial charge on any atom is -0.462 e. The quantitative estimate of drug-likeness (QED) is 0.332. The van der Waals surface area contributed by atoms with E-state index in [4.69, 9.17) is 24.7 Å². The molecule has 0 saturated carbocycles. The highest BCUT2D eigenvalue weighted by atomic mass is 16.6. The van der Waals surface area contributed by atoms with Crippen molar-refractivity contribution in [3.63, 3.8) is 0 Å². The first-order valence-electron chi connectivity index (χ1n) is 7.35. The third-order valence-corrected chi connectivity index (χ3v) is 3.17. The van der Waals surface area contributed by atoms with E-state index < -0.39 is 18.2 Å². The van der Waals surface area contributed by atoms with Gasteiger partial charge in [-0.25, -0.2) is 9.79 Å². The van der Waals surface area contributed by atoms with E-state index in [1.807, 2.05) is 0 Å². The Kier molecular flexibility index (Phi) is 6.90. The molecule has 0 fully saturated rings. The molecule has 2 aliphatic heterocycles. The second kappa shape index (κ2) is 9.15. The van der Waals surface area contributed by atoms with Crippen LogP contribution in [0.3, 0.4) is 0 Å². The molecule has 3 N–H and O–H groups in total. The highest BCUT2D eigenvalue weighted by molar-refractivity contribution is 6.02. The summed E-state index contributed by atoms with van der Waals surface area (Å²) in [4.78, 5) is 32.8. The standard InChI is InChI=1S/C13H21N5O6/c1-21-2-3-22-6-9(19)24-5-4-23-8-18-7-15-10-11(18)16-13(14)17-12(10)20/h7,10-11H,2-6,8H2,1H3,(H3,14,16,17,20). The number of nitrogens with two attached hydrogens (primary N) is 1. The average Bonchev–Trinajstić information content (AvgIpc) is 2.94. The Balaban J connectivity index is 1.58. The topological polar surface area (TPSA) is 137 Å². The molecule has 1 amide bonds. The number of hydrogen-bond donors (Lipinski definition) is 2. The van der Waals surface area contributed by atoms with Gasteiger partial charge in [0.15, 0.2) is 18.2 Å². The van der Waals surface area contributed by atoms with Gasteiger partial charge in [0, 0.05) is 7.11 Å². The maximum Gasteiger partial charge on any atom is 0.332 e. The lowest BCUT2D eigenvalue weighted by Gasteiger charge is -2.27. The SMILES string of the molecule is COCCOCC(=O)OCCOCN1C=NC2C(=O)NC(N)=NC21. The van der Waals surface area contributed by atoms with Crippen molar-refractivity contribution in [1.82, 2.24) is 10.2 Å². The van der Waals surface area contributed by atoms with Crippen LogP contribution in [0.2, 0.25) is 0 Å². The molecule has 2 aliphatic rings. The summed E-state index contributed by atoms with van der Waals surface area (Å²) in [7, 11) is 1.55. The number of rotatable bonds is 10. The normalized spacial score (nSPS) is 22.1. The number of hydrogen-bond acceptors (Lipinski definition) is 10. The number of nitrogens with one attached hydrogen (secondary N) is 1. The maximum atomic E-state index is 11.7. The van der Waals surface area contributed by atoms with E-state index in [0.717, 1.165) is 0 Å². The molecule has 0 aromatic carbocycles. The minimum absolute atomic E-state index is 0.0548. The molecule has 2 atom stereocenters. The van der Waals surface area contributed by atoms with Crippen molar-refractivity contribution in [3.8, 4) is 0 Å². The van der Waals surface area contributed by atoms with Gasteiger partial charge in [0.25, 0.3) is 5.91 Å². The number of aliphatic imine (C=N–C) groups is 2. The van der Waals surface area contributed by atoms with Crippen molar-refractivity contribution in [2.45, 2.75) is 12.2 Å². The third kappa shape index (κ3) is 5.15. The van der Waals surface area contributed by atoms with E-state index >= 15 is 0 Å². The smallest absolute Gasteiger partial charge is 0.332 e. The predicted octanol–water partition coefficient (Wildman–Crippen LogP) is -2.35. The van der Waals surface area contributed by atoms with Crippen LogP contribution in [0.5, 0.6) is 0 Å². The van der Waals surface area contributed by atoms with Crippen LogP contribution in [0.1, 0.15) is 0 Å². The first kappa shape index (κ1) is 18.1. The summed E-state index contributed by atoms with van der Waals surface area (Å²) >= 11 is 0. The Morgan fingerprint density at radius 2 is 2.12 bits per heavy atom. The fraction of sp³-hybridized carbons (Fsp3) is 0.692. The third-order valence-electron chi connectivity index (χ3n) is 3.17. The summed E-state index contributed by atoms with van der Waals surface area (Å²) in [6, 6.07) is -0.622. The Bertz CT molecular complexity index is 511. The highest BCUT2D eigenvalue weighted by Gasteiger charge is 2.39. The van der Waals surface area contributed by atoms with Gasteiger partial charge < -0.3 is 29.6 Å². The number of fused-ring (bicyclic) bond motifs is 1. The van der Waals surface area contributed by atoms with Crippen LogP contribution in [-0.4, -0.2) is 88.2 Å². The predicted molar refractivity (Wildman–Crippen MR) is 82.1 cm³/mol. The summed E-state index contributed by atoms with van der Waals surface area (Å²) < 4.78 is 20.1. The van der Waals surface area contributed by atoms with Crippen LogP contribution in [0.25, 0.3) is 0 Å². The van der Waals surface area contributed by atoms with Crippen LogP contribution >= 0.6 is 0 Å². The van der Waals surface area contributed by atoms with Crippen molar-refractivity contribution in [3.05, 3.63) is 0 Å². The Labute approximate surface area is 138 Å². The largest absolute Gasteiger partial charge is 0.462 e. The van der Waals surface area contributed by atoms with Crippen LogP contribution < -0.4 is 11.1 Å². The van der Waals surface area contributed by atoms with Gasteiger partial charge in [-0.2, -0.15) is 0 Å². The first-order chi connectivity index (χ1) is 11.6. The van der Waals surface area contributed by atoms with Crippen molar-refractivity contribution < 1.29 is 28.5 Å². The van der Waals surface area contributed by atoms with E-state index in [2.05, 4.69) is 15.3 Å².